The maximum atomic E-state index is 5.39. The van der Waals surface area contributed by atoms with Crippen molar-refractivity contribution in [2.24, 2.45) is 5.73 Å². The molecule has 54 valence electrons. The molecule has 0 aromatic carbocycles. The molecule has 0 aromatic heterocycles. The molecule has 0 amide bonds. The van der Waals surface area contributed by atoms with Gasteiger partial charge in [0.1, 0.15) is 6.10 Å². The maximum Gasteiger partial charge on any atom is 0.104 e. The number of ether oxygens (including phenoxy) is 2. The van der Waals surface area contributed by atoms with Crippen LogP contribution in [0.25, 0.3) is 0 Å². The van der Waals surface area contributed by atoms with Gasteiger partial charge in [0, 0.05) is 6.54 Å². The van der Waals surface area contributed by atoms with Crippen LogP contribution in [0, 0.1) is 0 Å². The van der Waals surface area contributed by atoms with E-state index in [1.165, 1.54) is 0 Å². The van der Waals surface area contributed by atoms with Crippen molar-refractivity contribution in [1.82, 2.24) is 0 Å². The van der Waals surface area contributed by atoms with Crippen molar-refractivity contribution in [3.8, 4) is 0 Å². The third kappa shape index (κ3) is 1.93. The first-order valence-corrected chi connectivity index (χ1v) is 3.26. The first-order chi connectivity index (χ1) is 4.33. The van der Waals surface area contributed by atoms with Crippen LogP contribution in [0.2, 0.25) is 0 Å². The van der Waals surface area contributed by atoms with Crippen LogP contribution >= 0.6 is 0 Å². The Labute approximate surface area is 55.1 Å². The van der Waals surface area contributed by atoms with E-state index in [1.807, 2.05) is 6.92 Å². The number of nitrogens with two attached hydrogens (primary N) is 1. The van der Waals surface area contributed by atoms with Gasteiger partial charge in [0.2, 0.25) is 0 Å². The molecule has 3 heteroatoms. The van der Waals surface area contributed by atoms with Crippen LogP contribution in [0.1, 0.15) is 6.92 Å². The van der Waals surface area contributed by atoms with Crippen LogP contribution < -0.4 is 5.73 Å². The zero-order valence-electron chi connectivity index (χ0n) is 5.67. The normalized spacial score (nSPS) is 23.3. The van der Waals surface area contributed by atoms with Gasteiger partial charge in [-0.25, -0.2) is 0 Å². The van der Waals surface area contributed by atoms with Crippen LogP contribution in [-0.4, -0.2) is 32.0 Å². The van der Waals surface area contributed by atoms with Gasteiger partial charge in [0.05, 0.1) is 19.3 Å². The molecule has 9 heavy (non-hydrogen) atoms. The molecule has 0 aromatic rings. The van der Waals surface area contributed by atoms with Gasteiger partial charge in [-0.05, 0) is 6.92 Å². The highest BCUT2D eigenvalue weighted by Gasteiger charge is 2.20. The third-order valence-electron chi connectivity index (χ3n) is 1.36. The Morgan fingerprint density at radius 3 is 2.78 bits per heavy atom. The van der Waals surface area contributed by atoms with Gasteiger partial charge in [-0.1, -0.05) is 0 Å². The Bertz CT molecular complexity index is 80.4. The van der Waals surface area contributed by atoms with Crippen molar-refractivity contribution >= 4 is 0 Å². The summed E-state index contributed by atoms with van der Waals surface area (Å²) in [7, 11) is 0. The summed E-state index contributed by atoms with van der Waals surface area (Å²) in [4.78, 5) is 0. The van der Waals surface area contributed by atoms with Crippen LogP contribution in [0.15, 0.2) is 0 Å². The van der Waals surface area contributed by atoms with Crippen LogP contribution in [0.4, 0.5) is 0 Å². The molecule has 0 bridgehead atoms. The van der Waals surface area contributed by atoms with Crippen molar-refractivity contribution in [2.45, 2.75) is 19.1 Å². The molecule has 1 aliphatic rings. The zero-order chi connectivity index (χ0) is 6.69. The van der Waals surface area contributed by atoms with Gasteiger partial charge < -0.3 is 15.2 Å². The molecule has 3 nitrogen and oxygen atoms in total. The smallest absolute Gasteiger partial charge is 0.104 e. The van der Waals surface area contributed by atoms with E-state index in [4.69, 9.17) is 15.2 Å². The van der Waals surface area contributed by atoms with Crippen molar-refractivity contribution < 1.29 is 9.47 Å². The fourth-order valence-corrected chi connectivity index (χ4v) is 0.677. The third-order valence-corrected chi connectivity index (χ3v) is 1.36. The average Bonchev–Trinajstić information content (AvgIpc) is 1.78. The molecule has 1 unspecified atom stereocenters. The molecular formula is C6H13NO2. The first kappa shape index (κ1) is 6.99. The maximum absolute atomic E-state index is 5.39. The highest BCUT2D eigenvalue weighted by atomic mass is 16.6. The summed E-state index contributed by atoms with van der Waals surface area (Å²) in [6.45, 7) is 4.05. The van der Waals surface area contributed by atoms with Crippen molar-refractivity contribution in [1.29, 1.82) is 0 Å². The van der Waals surface area contributed by atoms with E-state index in [0.29, 0.717) is 12.6 Å². The van der Waals surface area contributed by atoms with Crippen molar-refractivity contribution in [3.63, 3.8) is 0 Å². The lowest BCUT2D eigenvalue weighted by Gasteiger charge is -2.28. The lowest BCUT2D eigenvalue weighted by molar-refractivity contribution is -0.148. The van der Waals surface area contributed by atoms with Gasteiger partial charge in [-0.3, -0.25) is 0 Å². The van der Waals surface area contributed by atoms with Crippen LogP contribution in [-0.2, 0) is 9.47 Å². The predicted molar refractivity (Wildman–Crippen MR) is 34.2 cm³/mol. The second-order valence-electron chi connectivity index (χ2n) is 2.34. The van der Waals surface area contributed by atoms with E-state index < -0.39 is 0 Å². The largest absolute Gasteiger partial charge is 0.376 e. The monoisotopic (exact) mass is 131 g/mol. The summed E-state index contributed by atoms with van der Waals surface area (Å²) >= 11 is 0. The molecule has 1 heterocycles. The fraction of sp³-hybridized carbons (Fsp3) is 1.00. The molecule has 0 spiro atoms. The van der Waals surface area contributed by atoms with Gasteiger partial charge in [-0.15, -0.1) is 0 Å². The molecule has 1 fully saturated rings. The average molecular weight is 131 g/mol. The standard InChI is InChI=1S/C6H13NO2/c1-5(2-7)9-6-3-8-4-6/h5-6H,2-4,7H2,1H3. The van der Waals surface area contributed by atoms with E-state index >= 15 is 0 Å². The minimum atomic E-state index is 0.180. The lowest BCUT2D eigenvalue weighted by Crippen LogP contribution is -2.40. The Kier molecular flexibility index (Phi) is 2.45. The molecule has 1 aliphatic heterocycles. The van der Waals surface area contributed by atoms with E-state index in [2.05, 4.69) is 0 Å². The minimum Gasteiger partial charge on any atom is -0.376 e. The fourth-order valence-electron chi connectivity index (χ4n) is 0.677. The summed E-state index contributed by atoms with van der Waals surface area (Å²) in [5.41, 5.74) is 5.33. The Balaban J connectivity index is 2.01. The second kappa shape index (κ2) is 3.15. The Morgan fingerprint density at radius 2 is 2.44 bits per heavy atom. The zero-order valence-corrected chi connectivity index (χ0v) is 5.67. The second-order valence-corrected chi connectivity index (χ2v) is 2.34. The van der Waals surface area contributed by atoms with Crippen molar-refractivity contribution in [3.05, 3.63) is 0 Å². The summed E-state index contributed by atoms with van der Waals surface area (Å²) < 4.78 is 10.3. The number of rotatable bonds is 3. The molecule has 1 rings (SSSR count). The first-order valence-electron chi connectivity index (χ1n) is 3.26. The van der Waals surface area contributed by atoms with Gasteiger partial charge in [-0.2, -0.15) is 0 Å². The molecule has 0 radical (unpaired) electrons. The molecule has 0 aliphatic carbocycles. The highest BCUT2D eigenvalue weighted by Crippen LogP contribution is 2.07. The molecule has 2 N–H and O–H groups in total. The van der Waals surface area contributed by atoms with E-state index in [-0.39, 0.29) is 6.10 Å². The summed E-state index contributed by atoms with van der Waals surface area (Å²) in [6, 6.07) is 0. The van der Waals surface area contributed by atoms with Crippen LogP contribution in [0.5, 0.6) is 0 Å². The summed E-state index contributed by atoms with van der Waals surface area (Å²) in [6.07, 6.45) is 0.488. The van der Waals surface area contributed by atoms with Gasteiger partial charge in [0.15, 0.2) is 0 Å². The highest BCUT2D eigenvalue weighted by molar-refractivity contribution is 4.66. The number of hydrogen-bond acceptors (Lipinski definition) is 3. The van der Waals surface area contributed by atoms with Gasteiger partial charge in [0.25, 0.3) is 0 Å². The van der Waals surface area contributed by atoms with Gasteiger partial charge >= 0.3 is 0 Å². The lowest BCUT2D eigenvalue weighted by atomic mass is 10.3. The molecule has 1 saturated heterocycles. The topological polar surface area (TPSA) is 44.5 Å². The van der Waals surface area contributed by atoms with Crippen molar-refractivity contribution in [2.75, 3.05) is 19.8 Å². The molecule has 1 atom stereocenters. The summed E-state index contributed by atoms with van der Waals surface area (Å²) in [5, 5.41) is 0. The van der Waals surface area contributed by atoms with Crippen LogP contribution in [0.3, 0.4) is 0 Å². The number of hydrogen-bond donors (Lipinski definition) is 1. The predicted octanol–water partition coefficient (Wildman–Crippen LogP) is -0.251. The van der Waals surface area contributed by atoms with E-state index in [0.717, 1.165) is 13.2 Å². The Morgan fingerprint density at radius 1 is 1.78 bits per heavy atom. The minimum absolute atomic E-state index is 0.180. The summed E-state index contributed by atoms with van der Waals surface area (Å²) in [5.74, 6) is 0. The Hall–Kier alpha value is -0.120. The van der Waals surface area contributed by atoms with E-state index in [9.17, 15) is 0 Å². The quantitative estimate of drug-likeness (QED) is 0.574. The molecular weight excluding hydrogens is 118 g/mol. The SMILES string of the molecule is CC(CN)OC1COC1. The molecule has 0 saturated carbocycles. The van der Waals surface area contributed by atoms with E-state index in [1.54, 1.807) is 0 Å².